The number of ether oxygens (including phenoxy) is 1. The molecule has 0 radical (unpaired) electrons. The Kier molecular flexibility index (Phi) is 5.98. The molecule has 0 aliphatic carbocycles. The molecule has 0 aromatic heterocycles. The Balaban J connectivity index is 2.07. The van der Waals surface area contributed by atoms with Gasteiger partial charge in [0.1, 0.15) is 5.75 Å². The molecule has 5 nitrogen and oxygen atoms in total. The minimum Gasteiger partial charge on any atom is -0.479 e. The average Bonchev–Trinajstić information content (AvgIpc) is 2.55. The van der Waals surface area contributed by atoms with E-state index in [0.29, 0.717) is 27.0 Å². The van der Waals surface area contributed by atoms with Gasteiger partial charge in [0.05, 0.1) is 9.92 Å². The fourth-order valence-corrected chi connectivity index (χ4v) is 3.05. The standard InChI is InChI=1S/C17H17Cl2NO4S/c1-10-14(18)8-9-15(16(10)19)24-11(2)17(21)20-12-4-6-13(7-5-12)25(3,22)23/h4-9,11H,1-3H3,(H,20,21). The molecule has 0 saturated heterocycles. The monoisotopic (exact) mass is 401 g/mol. The quantitative estimate of drug-likeness (QED) is 0.817. The maximum Gasteiger partial charge on any atom is 0.265 e. The summed E-state index contributed by atoms with van der Waals surface area (Å²) in [7, 11) is -3.28. The van der Waals surface area contributed by atoms with Crippen LogP contribution in [0.2, 0.25) is 10.0 Å². The normalized spacial score (nSPS) is 12.5. The van der Waals surface area contributed by atoms with E-state index < -0.39 is 21.8 Å². The zero-order valence-electron chi connectivity index (χ0n) is 13.8. The summed E-state index contributed by atoms with van der Waals surface area (Å²) in [5.74, 6) is -0.0329. The van der Waals surface area contributed by atoms with E-state index in [2.05, 4.69) is 5.32 Å². The molecule has 134 valence electrons. The van der Waals surface area contributed by atoms with Crippen molar-refractivity contribution in [1.82, 2.24) is 0 Å². The van der Waals surface area contributed by atoms with Crippen molar-refractivity contribution in [2.24, 2.45) is 0 Å². The Bertz CT molecular complexity index is 896. The molecule has 2 rings (SSSR count). The first-order valence-electron chi connectivity index (χ1n) is 7.32. The summed E-state index contributed by atoms with van der Waals surface area (Å²) in [5.41, 5.74) is 1.14. The van der Waals surface area contributed by atoms with Crippen molar-refractivity contribution >= 4 is 44.6 Å². The Labute approximate surface area is 156 Å². The van der Waals surface area contributed by atoms with E-state index in [1.165, 1.54) is 24.3 Å². The minimum atomic E-state index is -3.28. The van der Waals surface area contributed by atoms with Crippen LogP contribution >= 0.6 is 23.2 Å². The number of hydrogen-bond acceptors (Lipinski definition) is 4. The molecule has 0 spiro atoms. The van der Waals surface area contributed by atoms with Crippen LogP contribution in [0.3, 0.4) is 0 Å². The molecule has 1 amide bonds. The molecule has 0 fully saturated rings. The molecule has 0 bridgehead atoms. The van der Waals surface area contributed by atoms with Crippen LogP contribution in [-0.2, 0) is 14.6 Å². The zero-order chi connectivity index (χ0) is 18.8. The summed E-state index contributed by atoms with van der Waals surface area (Å²) in [5, 5.41) is 3.52. The molecule has 2 aromatic carbocycles. The van der Waals surface area contributed by atoms with Gasteiger partial charge in [-0.3, -0.25) is 4.79 Å². The molecule has 1 atom stereocenters. The van der Waals surface area contributed by atoms with Crippen LogP contribution in [0, 0.1) is 6.92 Å². The first-order valence-corrected chi connectivity index (χ1v) is 9.96. The van der Waals surface area contributed by atoms with Crippen molar-refractivity contribution in [2.45, 2.75) is 24.8 Å². The van der Waals surface area contributed by atoms with E-state index in [9.17, 15) is 13.2 Å². The third-order valence-electron chi connectivity index (χ3n) is 3.51. The van der Waals surface area contributed by atoms with Crippen molar-refractivity contribution in [1.29, 1.82) is 0 Å². The summed E-state index contributed by atoms with van der Waals surface area (Å²) < 4.78 is 28.5. The number of hydrogen-bond donors (Lipinski definition) is 1. The van der Waals surface area contributed by atoms with Crippen LogP contribution in [0.1, 0.15) is 12.5 Å². The highest BCUT2D eigenvalue weighted by Gasteiger charge is 2.18. The maximum atomic E-state index is 12.2. The van der Waals surface area contributed by atoms with Gasteiger partial charge in [0.15, 0.2) is 15.9 Å². The number of halogens is 2. The number of sulfone groups is 1. The topological polar surface area (TPSA) is 72.5 Å². The Morgan fingerprint density at radius 2 is 1.72 bits per heavy atom. The Hall–Kier alpha value is -1.76. The fraction of sp³-hybridized carbons (Fsp3) is 0.235. The first kappa shape index (κ1) is 19.6. The SMILES string of the molecule is Cc1c(Cl)ccc(OC(C)C(=O)Nc2ccc(S(C)(=O)=O)cc2)c1Cl. The average molecular weight is 402 g/mol. The smallest absolute Gasteiger partial charge is 0.265 e. The molecule has 2 aromatic rings. The van der Waals surface area contributed by atoms with Gasteiger partial charge in [0, 0.05) is 17.0 Å². The number of carbonyl (C=O) groups is 1. The summed E-state index contributed by atoms with van der Waals surface area (Å²) in [6.07, 6.45) is 0.307. The molecular weight excluding hydrogens is 385 g/mol. The van der Waals surface area contributed by atoms with E-state index >= 15 is 0 Å². The molecule has 8 heteroatoms. The Morgan fingerprint density at radius 1 is 1.12 bits per heavy atom. The molecular formula is C17H17Cl2NO4S. The highest BCUT2D eigenvalue weighted by Crippen LogP contribution is 2.33. The second-order valence-electron chi connectivity index (χ2n) is 5.53. The minimum absolute atomic E-state index is 0.179. The van der Waals surface area contributed by atoms with Crippen molar-refractivity contribution in [2.75, 3.05) is 11.6 Å². The van der Waals surface area contributed by atoms with Gasteiger partial charge in [-0.25, -0.2) is 8.42 Å². The lowest BCUT2D eigenvalue weighted by Gasteiger charge is -2.17. The summed E-state index contributed by atoms with van der Waals surface area (Å²) in [6.45, 7) is 3.34. The van der Waals surface area contributed by atoms with Gasteiger partial charge in [-0.05, 0) is 55.8 Å². The van der Waals surface area contributed by atoms with Gasteiger partial charge >= 0.3 is 0 Å². The summed E-state index contributed by atoms with van der Waals surface area (Å²) in [4.78, 5) is 12.4. The third-order valence-corrected chi connectivity index (χ3v) is 5.52. The van der Waals surface area contributed by atoms with E-state index in [-0.39, 0.29) is 4.90 Å². The van der Waals surface area contributed by atoms with Crippen molar-refractivity contribution in [3.8, 4) is 5.75 Å². The summed E-state index contributed by atoms with van der Waals surface area (Å²) in [6, 6.07) is 9.13. The van der Waals surface area contributed by atoms with Crippen molar-refractivity contribution in [3.05, 3.63) is 52.0 Å². The molecule has 25 heavy (non-hydrogen) atoms. The van der Waals surface area contributed by atoms with Gasteiger partial charge in [-0.2, -0.15) is 0 Å². The second kappa shape index (κ2) is 7.64. The van der Waals surface area contributed by atoms with Crippen LogP contribution in [-0.4, -0.2) is 26.7 Å². The lowest BCUT2D eigenvalue weighted by Crippen LogP contribution is -2.30. The number of rotatable bonds is 5. The van der Waals surface area contributed by atoms with Gasteiger partial charge in [-0.15, -0.1) is 0 Å². The fourth-order valence-electron chi connectivity index (χ4n) is 2.00. The number of amides is 1. The van der Waals surface area contributed by atoms with Crippen LogP contribution in [0.15, 0.2) is 41.3 Å². The maximum absolute atomic E-state index is 12.2. The molecule has 0 heterocycles. The molecule has 0 saturated carbocycles. The van der Waals surface area contributed by atoms with Gasteiger partial charge in [-0.1, -0.05) is 23.2 Å². The molecule has 0 aliphatic rings. The van der Waals surface area contributed by atoms with E-state index in [0.717, 1.165) is 6.26 Å². The highest BCUT2D eigenvalue weighted by atomic mass is 35.5. The van der Waals surface area contributed by atoms with Gasteiger partial charge < -0.3 is 10.1 Å². The molecule has 1 unspecified atom stereocenters. The van der Waals surface area contributed by atoms with E-state index in [1.54, 1.807) is 26.0 Å². The highest BCUT2D eigenvalue weighted by molar-refractivity contribution is 7.90. The number of nitrogens with one attached hydrogen (secondary N) is 1. The van der Waals surface area contributed by atoms with Crippen molar-refractivity contribution in [3.63, 3.8) is 0 Å². The number of anilines is 1. The number of benzene rings is 2. The van der Waals surface area contributed by atoms with Gasteiger partial charge in [0.2, 0.25) is 0 Å². The van der Waals surface area contributed by atoms with Gasteiger partial charge in [0.25, 0.3) is 5.91 Å². The molecule has 0 aliphatic heterocycles. The van der Waals surface area contributed by atoms with Crippen LogP contribution in [0.25, 0.3) is 0 Å². The van der Waals surface area contributed by atoms with Crippen LogP contribution < -0.4 is 10.1 Å². The zero-order valence-corrected chi connectivity index (χ0v) is 16.2. The van der Waals surface area contributed by atoms with Crippen molar-refractivity contribution < 1.29 is 17.9 Å². The van der Waals surface area contributed by atoms with E-state index in [1.807, 2.05) is 0 Å². The predicted molar refractivity (Wildman–Crippen MR) is 99.5 cm³/mol. The third kappa shape index (κ3) is 4.87. The largest absolute Gasteiger partial charge is 0.479 e. The van der Waals surface area contributed by atoms with Crippen LogP contribution in [0.5, 0.6) is 5.75 Å². The molecule has 1 N–H and O–H groups in total. The Morgan fingerprint density at radius 3 is 2.28 bits per heavy atom. The predicted octanol–water partition coefficient (Wildman–Crippen LogP) is 4.11. The second-order valence-corrected chi connectivity index (χ2v) is 8.33. The van der Waals surface area contributed by atoms with E-state index in [4.69, 9.17) is 27.9 Å². The lowest BCUT2D eigenvalue weighted by atomic mass is 10.2. The van der Waals surface area contributed by atoms with Crippen LogP contribution in [0.4, 0.5) is 5.69 Å². The summed E-state index contributed by atoms with van der Waals surface area (Å²) >= 11 is 12.1. The lowest BCUT2D eigenvalue weighted by molar-refractivity contribution is -0.122. The first-order chi connectivity index (χ1) is 11.6. The number of carbonyl (C=O) groups excluding carboxylic acids is 1.